The Morgan fingerprint density at radius 1 is 1.40 bits per heavy atom. The molecule has 0 aromatic rings. The first kappa shape index (κ1) is 7.45. The average molecular weight is 142 g/mol. The van der Waals surface area contributed by atoms with Gasteiger partial charge in [0.2, 0.25) is 0 Å². The molecule has 1 rings (SSSR count). The van der Waals surface area contributed by atoms with Gasteiger partial charge < -0.3 is 9.47 Å². The number of unbranched alkanes of at least 4 members (excludes halogenated alkanes) is 2. The summed E-state index contributed by atoms with van der Waals surface area (Å²) in [7, 11) is 0. The second-order valence-electron chi connectivity index (χ2n) is 2.36. The topological polar surface area (TPSA) is 18.5 Å². The van der Waals surface area contributed by atoms with Crippen LogP contribution in [0.1, 0.15) is 26.2 Å². The molecule has 0 spiro atoms. The molecule has 0 saturated carbocycles. The second kappa shape index (κ2) is 4.20. The van der Waals surface area contributed by atoms with Gasteiger partial charge in [0.1, 0.15) is 13.2 Å². The molecular weight excluding hydrogens is 128 g/mol. The summed E-state index contributed by atoms with van der Waals surface area (Å²) in [6, 6.07) is 0. The SMILES string of the molecule is CCCCC=C1OCCO1. The van der Waals surface area contributed by atoms with Gasteiger partial charge in [0.25, 0.3) is 5.95 Å². The van der Waals surface area contributed by atoms with Crippen molar-refractivity contribution in [2.45, 2.75) is 26.2 Å². The third kappa shape index (κ3) is 2.29. The maximum Gasteiger partial charge on any atom is 0.275 e. The lowest BCUT2D eigenvalue weighted by Crippen LogP contribution is -1.80. The summed E-state index contributed by atoms with van der Waals surface area (Å²) in [5, 5.41) is 0. The molecule has 1 saturated heterocycles. The smallest absolute Gasteiger partial charge is 0.275 e. The maximum atomic E-state index is 5.14. The minimum atomic E-state index is 0.720. The van der Waals surface area contributed by atoms with Gasteiger partial charge in [-0.3, -0.25) is 0 Å². The summed E-state index contributed by atoms with van der Waals surface area (Å²) >= 11 is 0. The highest BCUT2D eigenvalue weighted by Crippen LogP contribution is 2.09. The summed E-state index contributed by atoms with van der Waals surface area (Å²) in [5.41, 5.74) is 0. The van der Waals surface area contributed by atoms with Crippen molar-refractivity contribution in [1.29, 1.82) is 0 Å². The molecule has 0 atom stereocenters. The molecule has 1 aliphatic heterocycles. The van der Waals surface area contributed by atoms with Crippen LogP contribution in [0.2, 0.25) is 0 Å². The van der Waals surface area contributed by atoms with Gasteiger partial charge in [-0.25, -0.2) is 0 Å². The average Bonchev–Trinajstić information content (AvgIpc) is 2.41. The van der Waals surface area contributed by atoms with Crippen molar-refractivity contribution in [1.82, 2.24) is 0 Å². The Hall–Kier alpha value is -0.660. The zero-order valence-corrected chi connectivity index (χ0v) is 6.43. The Bertz CT molecular complexity index is 110. The van der Waals surface area contributed by atoms with Gasteiger partial charge in [0.15, 0.2) is 0 Å². The molecular formula is C8H14O2. The minimum Gasteiger partial charge on any atom is -0.462 e. The van der Waals surface area contributed by atoms with E-state index in [9.17, 15) is 0 Å². The van der Waals surface area contributed by atoms with Gasteiger partial charge in [-0.05, 0) is 18.9 Å². The summed E-state index contributed by atoms with van der Waals surface area (Å²) in [6.07, 6.45) is 5.54. The Morgan fingerprint density at radius 2 is 2.10 bits per heavy atom. The molecule has 0 aromatic carbocycles. The number of ether oxygens (including phenoxy) is 2. The molecule has 2 nitrogen and oxygen atoms in total. The van der Waals surface area contributed by atoms with Gasteiger partial charge >= 0.3 is 0 Å². The largest absolute Gasteiger partial charge is 0.462 e. The minimum absolute atomic E-state index is 0.720. The van der Waals surface area contributed by atoms with E-state index in [2.05, 4.69) is 6.92 Å². The molecule has 0 aromatic heterocycles. The van der Waals surface area contributed by atoms with Gasteiger partial charge in [-0.15, -0.1) is 0 Å². The molecule has 0 radical (unpaired) electrons. The van der Waals surface area contributed by atoms with Crippen LogP contribution in [0.5, 0.6) is 0 Å². The molecule has 58 valence electrons. The molecule has 1 aliphatic rings. The fourth-order valence-electron chi connectivity index (χ4n) is 0.868. The van der Waals surface area contributed by atoms with Crippen LogP contribution in [0.15, 0.2) is 12.0 Å². The van der Waals surface area contributed by atoms with Crippen LogP contribution < -0.4 is 0 Å². The van der Waals surface area contributed by atoms with E-state index in [-0.39, 0.29) is 0 Å². The summed E-state index contributed by atoms with van der Waals surface area (Å²) < 4.78 is 10.3. The summed E-state index contributed by atoms with van der Waals surface area (Å²) in [4.78, 5) is 0. The number of allylic oxidation sites excluding steroid dienone is 1. The van der Waals surface area contributed by atoms with Gasteiger partial charge in [0.05, 0.1) is 0 Å². The van der Waals surface area contributed by atoms with Crippen LogP contribution in [0.3, 0.4) is 0 Å². The van der Waals surface area contributed by atoms with Crippen molar-refractivity contribution in [2.75, 3.05) is 13.2 Å². The van der Waals surface area contributed by atoms with Crippen molar-refractivity contribution in [3.8, 4) is 0 Å². The maximum absolute atomic E-state index is 5.14. The molecule has 1 fully saturated rings. The van der Waals surface area contributed by atoms with Crippen LogP contribution >= 0.6 is 0 Å². The lowest BCUT2D eigenvalue weighted by atomic mass is 10.2. The predicted octanol–water partition coefficient (Wildman–Crippen LogP) is 2.06. The number of hydrogen-bond donors (Lipinski definition) is 0. The molecule has 10 heavy (non-hydrogen) atoms. The van der Waals surface area contributed by atoms with Crippen LogP contribution in [0, 0.1) is 0 Å². The highest BCUT2D eigenvalue weighted by atomic mass is 16.7. The first-order chi connectivity index (χ1) is 4.93. The highest BCUT2D eigenvalue weighted by Gasteiger charge is 2.05. The van der Waals surface area contributed by atoms with Crippen molar-refractivity contribution in [2.24, 2.45) is 0 Å². The van der Waals surface area contributed by atoms with E-state index in [1.165, 1.54) is 12.8 Å². The standard InChI is InChI=1S/C8H14O2/c1-2-3-4-5-8-9-6-7-10-8/h5H,2-4,6-7H2,1H3. The van der Waals surface area contributed by atoms with Crippen LogP contribution in [-0.2, 0) is 9.47 Å². The third-order valence-electron chi connectivity index (χ3n) is 1.44. The van der Waals surface area contributed by atoms with E-state index in [1.807, 2.05) is 6.08 Å². The molecule has 0 N–H and O–H groups in total. The fourth-order valence-corrected chi connectivity index (χ4v) is 0.868. The lowest BCUT2D eigenvalue weighted by Gasteiger charge is -1.95. The monoisotopic (exact) mass is 142 g/mol. The Morgan fingerprint density at radius 3 is 2.70 bits per heavy atom. The van der Waals surface area contributed by atoms with Crippen LogP contribution in [0.25, 0.3) is 0 Å². The van der Waals surface area contributed by atoms with Crippen molar-refractivity contribution in [3.63, 3.8) is 0 Å². The third-order valence-corrected chi connectivity index (χ3v) is 1.44. The normalized spacial score (nSPS) is 16.3. The van der Waals surface area contributed by atoms with Crippen LogP contribution in [0.4, 0.5) is 0 Å². The Balaban J connectivity index is 2.12. The molecule has 0 aliphatic carbocycles. The van der Waals surface area contributed by atoms with E-state index in [4.69, 9.17) is 9.47 Å². The van der Waals surface area contributed by atoms with E-state index < -0.39 is 0 Å². The summed E-state index contributed by atoms with van der Waals surface area (Å²) in [5.74, 6) is 0.730. The first-order valence-electron chi connectivity index (χ1n) is 3.89. The molecule has 0 unspecified atom stereocenters. The van der Waals surface area contributed by atoms with Crippen molar-refractivity contribution >= 4 is 0 Å². The lowest BCUT2D eigenvalue weighted by molar-refractivity contribution is 0.174. The van der Waals surface area contributed by atoms with E-state index in [0.717, 1.165) is 25.6 Å². The quantitative estimate of drug-likeness (QED) is 0.561. The van der Waals surface area contributed by atoms with Crippen molar-refractivity contribution in [3.05, 3.63) is 12.0 Å². The highest BCUT2D eigenvalue weighted by molar-refractivity contribution is 4.86. The van der Waals surface area contributed by atoms with Gasteiger partial charge in [-0.2, -0.15) is 0 Å². The zero-order chi connectivity index (χ0) is 7.23. The molecule has 0 amide bonds. The van der Waals surface area contributed by atoms with Crippen molar-refractivity contribution < 1.29 is 9.47 Å². The van der Waals surface area contributed by atoms with Crippen LogP contribution in [-0.4, -0.2) is 13.2 Å². The molecule has 2 heteroatoms. The number of rotatable bonds is 3. The molecule has 0 bridgehead atoms. The Kier molecular flexibility index (Phi) is 3.13. The fraction of sp³-hybridized carbons (Fsp3) is 0.750. The second-order valence-corrected chi connectivity index (χ2v) is 2.36. The van der Waals surface area contributed by atoms with E-state index in [0.29, 0.717) is 0 Å². The summed E-state index contributed by atoms with van der Waals surface area (Å²) in [6.45, 7) is 3.62. The molecule has 1 heterocycles. The van der Waals surface area contributed by atoms with E-state index in [1.54, 1.807) is 0 Å². The zero-order valence-electron chi connectivity index (χ0n) is 6.43. The van der Waals surface area contributed by atoms with Gasteiger partial charge in [-0.1, -0.05) is 13.3 Å². The first-order valence-corrected chi connectivity index (χ1v) is 3.89. The van der Waals surface area contributed by atoms with Gasteiger partial charge in [0, 0.05) is 0 Å². The number of hydrogen-bond acceptors (Lipinski definition) is 2. The van der Waals surface area contributed by atoms with E-state index >= 15 is 0 Å². The Labute approximate surface area is 61.8 Å². The predicted molar refractivity (Wildman–Crippen MR) is 39.5 cm³/mol.